The van der Waals surface area contributed by atoms with Crippen molar-refractivity contribution in [3.05, 3.63) is 35.4 Å². The molecule has 2 unspecified atom stereocenters. The Bertz CT molecular complexity index is 390. The number of benzene rings is 1. The van der Waals surface area contributed by atoms with Crippen molar-refractivity contribution >= 4 is 0 Å². The van der Waals surface area contributed by atoms with Gasteiger partial charge in [0.15, 0.2) is 0 Å². The molecule has 92 valence electrons. The van der Waals surface area contributed by atoms with Crippen LogP contribution in [0.4, 0.5) is 0 Å². The van der Waals surface area contributed by atoms with E-state index in [1.807, 2.05) is 0 Å². The molecule has 2 atom stereocenters. The lowest BCUT2D eigenvalue weighted by molar-refractivity contribution is 0.187. The van der Waals surface area contributed by atoms with Gasteiger partial charge < -0.3 is 5.11 Å². The van der Waals surface area contributed by atoms with E-state index in [4.69, 9.17) is 0 Å². The summed E-state index contributed by atoms with van der Waals surface area (Å²) in [7, 11) is 0. The monoisotopic (exact) mass is 231 g/mol. The van der Waals surface area contributed by atoms with E-state index in [0.29, 0.717) is 18.6 Å². The summed E-state index contributed by atoms with van der Waals surface area (Å²) >= 11 is 0. The molecule has 1 aromatic carbocycles. The molecule has 3 rings (SSSR count). The van der Waals surface area contributed by atoms with Gasteiger partial charge >= 0.3 is 0 Å². The van der Waals surface area contributed by atoms with Gasteiger partial charge in [-0.25, -0.2) is 0 Å². The van der Waals surface area contributed by atoms with Gasteiger partial charge in [-0.15, -0.1) is 0 Å². The van der Waals surface area contributed by atoms with Crippen molar-refractivity contribution in [2.24, 2.45) is 5.92 Å². The van der Waals surface area contributed by atoms with Gasteiger partial charge in [0.05, 0.1) is 0 Å². The number of aliphatic hydroxyl groups excluding tert-OH is 1. The topological polar surface area (TPSA) is 23.5 Å². The Morgan fingerprint density at radius 1 is 1.18 bits per heavy atom. The first-order chi connectivity index (χ1) is 8.36. The van der Waals surface area contributed by atoms with Crippen molar-refractivity contribution < 1.29 is 5.11 Å². The molecular formula is C15H21NO. The van der Waals surface area contributed by atoms with E-state index in [0.717, 1.165) is 6.54 Å². The molecule has 2 aliphatic rings. The smallest absolute Gasteiger partial charge is 0.0471 e. The zero-order valence-corrected chi connectivity index (χ0v) is 10.3. The molecule has 1 aliphatic heterocycles. The zero-order chi connectivity index (χ0) is 11.7. The Morgan fingerprint density at radius 2 is 2.00 bits per heavy atom. The van der Waals surface area contributed by atoms with Crippen LogP contribution in [0.15, 0.2) is 24.3 Å². The molecule has 0 amide bonds. The Hall–Kier alpha value is -0.860. The fourth-order valence-corrected chi connectivity index (χ4v) is 3.33. The molecule has 0 radical (unpaired) electrons. The van der Waals surface area contributed by atoms with E-state index < -0.39 is 0 Å². The summed E-state index contributed by atoms with van der Waals surface area (Å²) in [5.74, 6) is 0.521. The van der Waals surface area contributed by atoms with Crippen molar-refractivity contribution in [2.45, 2.75) is 31.7 Å². The second-order valence-corrected chi connectivity index (χ2v) is 5.50. The second-order valence-electron chi connectivity index (χ2n) is 5.50. The molecular weight excluding hydrogens is 210 g/mol. The highest BCUT2D eigenvalue weighted by molar-refractivity contribution is 5.30. The van der Waals surface area contributed by atoms with E-state index in [-0.39, 0.29) is 0 Å². The number of aliphatic hydroxyl groups is 1. The van der Waals surface area contributed by atoms with Gasteiger partial charge in [-0.2, -0.15) is 0 Å². The molecule has 1 saturated heterocycles. The van der Waals surface area contributed by atoms with Gasteiger partial charge in [0, 0.05) is 19.2 Å². The van der Waals surface area contributed by atoms with Crippen molar-refractivity contribution in [1.82, 2.24) is 4.90 Å². The molecule has 1 N–H and O–H groups in total. The lowest BCUT2D eigenvalue weighted by Crippen LogP contribution is -2.38. The van der Waals surface area contributed by atoms with Crippen LogP contribution < -0.4 is 0 Å². The molecule has 0 spiro atoms. The van der Waals surface area contributed by atoms with Crippen molar-refractivity contribution in [1.29, 1.82) is 0 Å². The molecule has 1 aliphatic carbocycles. The first-order valence-corrected chi connectivity index (χ1v) is 6.78. The maximum atomic E-state index is 9.21. The predicted molar refractivity (Wildman–Crippen MR) is 69.0 cm³/mol. The lowest BCUT2D eigenvalue weighted by Gasteiger charge is -2.32. The summed E-state index contributed by atoms with van der Waals surface area (Å²) in [6, 6.07) is 9.56. The molecule has 1 fully saturated rings. The van der Waals surface area contributed by atoms with Crippen molar-refractivity contribution in [3.63, 3.8) is 0 Å². The van der Waals surface area contributed by atoms with Crippen LogP contribution in [-0.4, -0.2) is 35.7 Å². The van der Waals surface area contributed by atoms with E-state index in [9.17, 15) is 5.11 Å². The Balaban J connectivity index is 1.68. The molecule has 1 heterocycles. The van der Waals surface area contributed by atoms with Crippen LogP contribution in [0.1, 0.15) is 24.0 Å². The normalized spacial score (nSPS) is 29.2. The van der Waals surface area contributed by atoms with Crippen LogP contribution in [0.5, 0.6) is 0 Å². The minimum atomic E-state index is 0.361. The van der Waals surface area contributed by atoms with Crippen molar-refractivity contribution in [2.75, 3.05) is 19.7 Å². The number of nitrogens with zero attached hydrogens (tertiary/aromatic N) is 1. The van der Waals surface area contributed by atoms with Gasteiger partial charge in [-0.05, 0) is 49.3 Å². The number of hydrogen-bond acceptors (Lipinski definition) is 2. The fourth-order valence-electron chi connectivity index (χ4n) is 3.33. The van der Waals surface area contributed by atoms with Crippen LogP contribution in [0.3, 0.4) is 0 Å². The number of aryl methyl sites for hydroxylation is 1. The number of hydrogen-bond donors (Lipinski definition) is 1. The first kappa shape index (κ1) is 11.2. The molecule has 17 heavy (non-hydrogen) atoms. The summed E-state index contributed by atoms with van der Waals surface area (Å²) in [6.45, 7) is 2.64. The minimum absolute atomic E-state index is 0.361. The third kappa shape index (κ3) is 2.24. The SMILES string of the molecule is OCC1CCN(C2CCc3ccccc3C2)C1. The molecule has 0 aromatic heterocycles. The predicted octanol–water partition coefficient (Wildman–Crippen LogP) is 1.86. The Labute approximate surface area is 103 Å². The second kappa shape index (κ2) is 4.79. The zero-order valence-electron chi connectivity index (χ0n) is 10.3. The third-order valence-corrected chi connectivity index (χ3v) is 4.41. The summed E-state index contributed by atoms with van der Waals surface area (Å²) in [5.41, 5.74) is 3.08. The van der Waals surface area contributed by atoms with E-state index in [1.54, 1.807) is 5.56 Å². The van der Waals surface area contributed by atoms with Gasteiger partial charge in [0.2, 0.25) is 0 Å². The van der Waals surface area contributed by atoms with Gasteiger partial charge in [0.1, 0.15) is 0 Å². The average Bonchev–Trinajstić information content (AvgIpc) is 2.87. The molecule has 0 saturated carbocycles. The standard InChI is InChI=1S/C15H21NO/c17-11-12-7-8-16(10-12)15-6-5-13-3-1-2-4-14(13)9-15/h1-4,12,15,17H,5-11H2. The number of likely N-dealkylation sites (tertiary alicyclic amines) is 1. The quantitative estimate of drug-likeness (QED) is 0.840. The van der Waals surface area contributed by atoms with Gasteiger partial charge in [-0.3, -0.25) is 4.90 Å². The molecule has 2 heteroatoms. The van der Waals surface area contributed by atoms with Crippen LogP contribution in [-0.2, 0) is 12.8 Å². The van der Waals surface area contributed by atoms with Gasteiger partial charge in [-0.1, -0.05) is 24.3 Å². The Kier molecular flexibility index (Phi) is 3.17. The highest BCUT2D eigenvalue weighted by atomic mass is 16.3. The lowest BCUT2D eigenvalue weighted by atomic mass is 9.87. The van der Waals surface area contributed by atoms with Crippen LogP contribution in [0, 0.1) is 5.92 Å². The molecule has 2 nitrogen and oxygen atoms in total. The van der Waals surface area contributed by atoms with Gasteiger partial charge in [0.25, 0.3) is 0 Å². The Morgan fingerprint density at radius 3 is 2.76 bits per heavy atom. The van der Waals surface area contributed by atoms with Crippen molar-refractivity contribution in [3.8, 4) is 0 Å². The maximum Gasteiger partial charge on any atom is 0.0471 e. The largest absolute Gasteiger partial charge is 0.396 e. The summed E-state index contributed by atoms with van der Waals surface area (Å²) in [4.78, 5) is 2.59. The molecule has 1 aromatic rings. The van der Waals surface area contributed by atoms with E-state index in [1.165, 1.54) is 37.8 Å². The van der Waals surface area contributed by atoms with E-state index in [2.05, 4.69) is 29.2 Å². The van der Waals surface area contributed by atoms with E-state index >= 15 is 0 Å². The maximum absolute atomic E-state index is 9.21. The minimum Gasteiger partial charge on any atom is -0.396 e. The number of rotatable bonds is 2. The summed E-state index contributed by atoms with van der Waals surface area (Å²) in [6.07, 6.45) is 4.89. The highest BCUT2D eigenvalue weighted by Crippen LogP contribution is 2.28. The van der Waals surface area contributed by atoms with Crippen LogP contribution in [0.2, 0.25) is 0 Å². The summed E-state index contributed by atoms with van der Waals surface area (Å²) in [5, 5.41) is 9.21. The fraction of sp³-hybridized carbons (Fsp3) is 0.600. The summed E-state index contributed by atoms with van der Waals surface area (Å²) < 4.78 is 0. The van der Waals surface area contributed by atoms with Crippen LogP contribution in [0.25, 0.3) is 0 Å². The third-order valence-electron chi connectivity index (χ3n) is 4.41. The van der Waals surface area contributed by atoms with Crippen LogP contribution >= 0.6 is 0 Å². The molecule has 0 bridgehead atoms. The number of fused-ring (bicyclic) bond motifs is 1. The first-order valence-electron chi connectivity index (χ1n) is 6.78. The highest BCUT2D eigenvalue weighted by Gasteiger charge is 2.29. The average molecular weight is 231 g/mol.